The fourth-order valence-corrected chi connectivity index (χ4v) is 2.75. The summed E-state index contributed by atoms with van der Waals surface area (Å²) < 4.78 is 11.1. The molecule has 2 aromatic rings. The van der Waals surface area contributed by atoms with Crippen molar-refractivity contribution in [3.63, 3.8) is 0 Å². The predicted octanol–water partition coefficient (Wildman–Crippen LogP) is 2.99. The lowest BCUT2D eigenvalue weighted by atomic mass is 10.0. The fraction of sp³-hybridized carbons (Fsp3) is 0.400. The maximum Gasteiger partial charge on any atom is 0.337 e. The number of esters is 1. The summed E-state index contributed by atoms with van der Waals surface area (Å²) in [5, 5.41) is 9.65. The molecule has 3 rings (SSSR count). The molecule has 0 saturated heterocycles. The molecule has 1 aliphatic carbocycles. The summed E-state index contributed by atoms with van der Waals surface area (Å²) in [7, 11) is 0. The predicted molar refractivity (Wildman–Crippen MR) is 70.1 cm³/mol. The molecule has 1 aromatic heterocycles. The molecule has 0 unspecified atom stereocenters. The van der Waals surface area contributed by atoms with Gasteiger partial charge < -0.3 is 14.3 Å². The zero-order valence-corrected chi connectivity index (χ0v) is 10.6. The molecule has 0 bridgehead atoms. The zero-order valence-electron chi connectivity index (χ0n) is 10.6. The molecule has 1 aromatic carbocycles. The molecule has 1 heterocycles. The molecule has 0 atom stereocenters. The third-order valence-corrected chi connectivity index (χ3v) is 3.65. The number of rotatable bonds is 3. The van der Waals surface area contributed by atoms with Gasteiger partial charge in [0.15, 0.2) is 11.5 Å². The van der Waals surface area contributed by atoms with Crippen LogP contribution in [0.5, 0.6) is 5.75 Å². The van der Waals surface area contributed by atoms with E-state index in [9.17, 15) is 4.79 Å². The van der Waals surface area contributed by atoms with Gasteiger partial charge in [0.2, 0.25) is 0 Å². The minimum Gasteiger partial charge on any atom is -0.457 e. The van der Waals surface area contributed by atoms with Crippen molar-refractivity contribution in [1.29, 1.82) is 0 Å². The van der Waals surface area contributed by atoms with Crippen molar-refractivity contribution in [2.75, 3.05) is 6.61 Å². The molecular formula is C15H16O4. The largest absolute Gasteiger partial charge is 0.457 e. The molecule has 0 spiro atoms. The number of hydrogen-bond acceptors (Lipinski definition) is 4. The number of carbonyl (C=O) groups excluding carboxylic acids is 1. The number of aliphatic hydroxyl groups is 1. The van der Waals surface area contributed by atoms with E-state index in [1.807, 2.05) is 24.3 Å². The second kappa shape index (κ2) is 5.05. The van der Waals surface area contributed by atoms with Gasteiger partial charge in [-0.3, -0.25) is 0 Å². The number of aliphatic hydroxyl groups excluding tert-OH is 1. The molecule has 19 heavy (non-hydrogen) atoms. The molecule has 0 radical (unpaired) electrons. The Kier molecular flexibility index (Phi) is 3.25. The van der Waals surface area contributed by atoms with E-state index < -0.39 is 12.6 Å². The van der Waals surface area contributed by atoms with Gasteiger partial charge in [0.1, 0.15) is 12.2 Å². The van der Waals surface area contributed by atoms with E-state index in [2.05, 4.69) is 0 Å². The molecule has 0 amide bonds. The normalized spacial score (nSPS) is 16.1. The summed E-state index contributed by atoms with van der Waals surface area (Å²) >= 11 is 0. The van der Waals surface area contributed by atoms with Gasteiger partial charge in [-0.15, -0.1) is 0 Å². The van der Waals surface area contributed by atoms with E-state index in [-0.39, 0.29) is 0 Å². The van der Waals surface area contributed by atoms with Crippen molar-refractivity contribution in [3.05, 3.63) is 30.0 Å². The Labute approximate surface area is 111 Å². The molecule has 100 valence electrons. The monoisotopic (exact) mass is 260 g/mol. The standard InChI is InChI=1S/C15H16O4/c16-9-13(17)19-15-11-7-3-4-8-12(11)18-14(15)10-5-1-2-6-10/h3-4,7-8,10,16H,1-2,5-6,9H2. The van der Waals surface area contributed by atoms with Crippen LogP contribution in [0.4, 0.5) is 0 Å². The highest BCUT2D eigenvalue weighted by Gasteiger charge is 2.27. The highest BCUT2D eigenvalue weighted by atomic mass is 16.6. The highest BCUT2D eigenvalue weighted by molar-refractivity contribution is 5.88. The highest BCUT2D eigenvalue weighted by Crippen LogP contribution is 2.44. The lowest BCUT2D eigenvalue weighted by molar-refractivity contribution is -0.137. The number of benzene rings is 1. The molecule has 1 saturated carbocycles. The second-order valence-electron chi connectivity index (χ2n) is 4.91. The minimum absolute atomic E-state index is 0.314. The Balaban J connectivity index is 2.07. The second-order valence-corrected chi connectivity index (χ2v) is 4.91. The summed E-state index contributed by atoms with van der Waals surface area (Å²) in [6.07, 6.45) is 4.47. The number of furan rings is 1. The molecular weight excluding hydrogens is 244 g/mol. The van der Waals surface area contributed by atoms with Gasteiger partial charge in [-0.1, -0.05) is 25.0 Å². The van der Waals surface area contributed by atoms with E-state index in [1.165, 1.54) is 12.8 Å². The zero-order chi connectivity index (χ0) is 13.2. The third-order valence-electron chi connectivity index (χ3n) is 3.65. The van der Waals surface area contributed by atoms with E-state index >= 15 is 0 Å². The van der Waals surface area contributed by atoms with Gasteiger partial charge in [-0.25, -0.2) is 4.79 Å². The fourth-order valence-electron chi connectivity index (χ4n) is 2.75. The molecule has 1 N–H and O–H groups in total. The molecule has 4 heteroatoms. The van der Waals surface area contributed by atoms with Crippen LogP contribution in [0.3, 0.4) is 0 Å². The average Bonchev–Trinajstić information content (AvgIpc) is 3.06. The van der Waals surface area contributed by atoms with Crippen LogP contribution in [0.2, 0.25) is 0 Å². The van der Waals surface area contributed by atoms with Crippen LogP contribution in [-0.2, 0) is 4.79 Å². The van der Waals surface area contributed by atoms with Gasteiger partial charge in [0, 0.05) is 5.92 Å². The Morgan fingerprint density at radius 2 is 2.05 bits per heavy atom. The Bertz CT molecular complexity index is 593. The number of carbonyl (C=O) groups is 1. The van der Waals surface area contributed by atoms with Crippen molar-refractivity contribution < 1.29 is 19.1 Å². The van der Waals surface area contributed by atoms with Gasteiger partial charge in [0.25, 0.3) is 0 Å². The van der Waals surface area contributed by atoms with Crippen LogP contribution in [0.15, 0.2) is 28.7 Å². The van der Waals surface area contributed by atoms with Crippen molar-refractivity contribution in [2.45, 2.75) is 31.6 Å². The molecule has 1 fully saturated rings. The Morgan fingerprint density at radius 1 is 1.32 bits per heavy atom. The Morgan fingerprint density at radius 3 is 2.79 bits per heavy atom. The minimum atomic E-state index is -0.647. The van der Waals surface area contributed by atoms with Crippen molar-refractivity contribution >= 4 is 16.9 Å². The smallest absolute Gasteiger partial charge is 0.337 e. The first-order valence-electron chi connectivity index (χ1n) is 6.62. The summed E-state index contributed by atoms with van der Waals surface area (Å²) in [6, 6.07) is 7.51. The maximum absolute atomic E-state index is 11.4. The number of para-hydroxylation sites is 1. The molecule has 1 aliphatic rings. The van der Waals surface area contributed by atoms with E-state index in [0.717, 1.165) is 29.6 Å². The van der Waals surface area contributed by atoms with Gasteiger partial charge in [-0.2, -0.15) is 0 Å². The van der Waals surface area contributed by atoms with E-state index in [1.54, 1.807) is 0 Å². The Hall–Kier alpha value is -1.81. The summed E-state index contributed by atoms with van der Waals surface area (Å²) in [6.45, 7) is -0.621. The summed E-state index contributed by atoms with van der Waals surface area (Å²) in [4.78, 5) is 11.4. The maximum atomic E-state index is 11.4. The van der Waals surface area contributed by atoms with Crippen molar-refractivity contribution in [1.82, 2.24) is 0 Å². The topological polar surface area (TPSA) is 59.7 Å². The van der Waals surface area contributed by atoms with Crippen LogP contribution < -0.4 is 4.74 Å². The molecule has 4 nitrogen and oxygen atoms in total. The lowest BCUT2D eigenvalue weighted by Gasteiger charge is -2.08. The quantitative estimate of drug-likeness (QED) is 0.862. The van der Waals surface area contributed by atoms with Gasteiger partial charge >= 0.3 is 5.97 Å². The van der Waals surface area contributed by atoms with E-state index in [0.29, 0.717) is 11.7 Å². The number of ether oxygens (including phenoxy) is 1. The third kappa shape index (κ3) is 2.24. The first kappa shape index (κ1) is 12.2. The molecule has 0 aliphatic heterocycles. The van der Waals surface area contributed by atoms with E-state index in [4.69, 9.17) is 14.3 Å². The van der Waals surface area contributed by atoms with Gasteiger partial charge in [0.05, 0.1) is 5.39 Å². The van der Waals surface area contributed by atoms with Crippen LogP contribution in [0, 0.1) is 0 Å². The van der Waals surface area contributed by atoms with Crippen LogP contribution in [0.25, 0.3) is 11.0 Å². The lowest BCUT2D eigenvalue weighted by Crippen LogP contribution is -2.13. The first-order chi connectivity index (χ1) is 9.29. The van der Waals surface area contributed by atoms with Crippen molar-refractivity contribution in [3.8, 4) is 5.75 Å². The summed E-state index contributed by atoms with van der Waals surface area (Å²) in [5.74, 6) is 0.904. The van der Waals surface area contributed by atoms with Crippen LogP contribution >= 0.6 is 0 Å². The first-order valence-corrected chi connectivity index (χ1v) is 6.62. The number of fused-ring (bicyclic) bond motifs is 1. The average molecular weight is 260 g/mol. The van der Waals surface area contributed by atoms with Crippen molar-refractivity contribution in [2.24, 2.45) is 0 Å². The van der Waals surface area contributed by atoms with Crippen LogP contribution in [0.1, 0.15) is 37.4 Å². The van der Waals surface area contributed by atoms with Crippen LogP contribution in [-0.4, -0.2) is 17.7 Å². The summed E-state index contributed by atoms with van der Waals surface area (Å²) in [5.41, 5.74) is 0.727. The van der Waals surface area contributed by atoms with Gasteiger partial charge in [-0.05, 0) is 25.0 Å². The number of hydrogen-bond donors (Lipinski definition) is 1. The SMILES string of the molecule is O=C(CO)Oc1c(C2CCCC2)oc2ccccc12.